The number of benzene rings is 1. The van der Waals surface area contributed by atoms with E-state index in [1.165, 1.54) is 4.68 Å². The van der Waals surface area contributed by atoms with Gasteiger partial charge >= 0.3 is 11.7 Å². The molecular weight excluding hydrogens is 330 g/mol. The third-order valence-electron chi connectivity index (χ3n) is 2.88. The maximum Gasteiger partial charge on any atom is 0.417 e. The Labute approximate surface area is 120 Å². The van der Waals surface area contributed by atoms with Crippen molar-refractivity contribution in [3.63, 3.8) is 0 Å². The quantitative estimate of drug-likeness (QED) is 0.744. The number of nitrogens with one attached hydrogen (secondary N) is 1. The van der Waals surface area contributed by atoms with Gasteiger partial charge in [-0.2, -0.15) is 5.10 Å². The molecule has 0 aliphatic heterocycles. The van der Waals surface area contributed by atoms with E-state index in [2.05, 4.69) is 26.0 Å². The number of nitrogens with zero attached hydrogens (tertiary/aromatic N) is 2. The summed E-state index contributed by atoms with van der Waals surface area (Å²) in [4.78, 5) is 24.8. The molecule has 0 amide bonds. The smallest absolute Gasteiger partial charge is 0.417 e. The number of hydrogen-bond acceptors (Lipinski definition) is 4. The van der Waals surface area contributed by atoms with Gasteiger partial charge in [0.1, 0.15) is 5.69 Å². The van der Waals surface area contributed by atoms with E-state index >= 15 is 0 Å². The number of aryl methyl sites for hydroxylation is 1. The molecule has 8 heteroatoms. The van der Waals surface area contributed by atoms with Gasteiger partial charge in [-0.25, -0.2) is 9.59 Å². The highest BCUT2D eigenvalue weighted by atomic mass is 79.9. The van der Waals surface area contributed by atoms with Crippen LogP contribution >= 0.6 is 15.9 Å². The summed E-state index contributed by atoms with van der Waals surface area (Å²) in [7, 11) is 1.55. The van der Waals surface area contributed by atoms with Crippen LogP contribution in [0.1, 0.15) is 10.5 Å². The van der Waals surface area contributed by atoms with Crippen LogP contribution in [0.5, 0.6) is 0 Å². The Morgan fingerprint density at radius 2 is 2.25 bits per heavy atom. The molecule has 0 saturated heterocycles. The van der Waals surface area contributed by atoms with E-state index in [9.17, 15) is 9.59 Å². The number of carboxylic acids is 1. The van der Waals surface area contributed by atoms with Crippen molar-refractivity contribution < 1.29 is 14.3 Å². The number of carbonyl (C=O) groups is 1. The summed E-state index contributed by atoms with van der Waals surface area (Å²) < 4.78 is 6.58. The van der Waals surface area contributed by atoms with Crippen LogP contribution < -0.4 is 5.76 Å². The number of H-pyrrole nitrogens is 1. The number of oxazole rings is 1. The van der Waals surface area contributed by atoms with Crippen molar-refractivity contribution in [1.29, 1.82) is 0 Å². The third-order valence-corrected chi connectivity index (χ3v) is 3.64. The van der Waals surface area contributed by atoms with Crippen LogP contribution in [0, 0.1) is 0 Å². The first-order valence-corrected chi connectivity index (χ1v) is 6.35. The van der Waals surface area contributed by atoms with Gasteiger partial charge in [0.2, 0.25) is 0 Å². The second-order valence-corrected chi connectivity index (χ2v) is 4.96. The largest absolute Gasteiger partial charge is 0.476 e. The van der Waals surface area contributed by atoms with Gasteiger partial charge in [-0.1, -0.05) is 0 Å². The predicted octanol–water partition coefficient (Wildman–Crippen LogP) is 1.98. The first kappa shape index (κ1) is 12.7. The zero-order chi connectivity index (χ0) is 14.4. The highest BCUT2D eigenvalue weighted by Crippen LogP contribution is 2.31. The number of aromatic amines is 1. The highest BCUT2D eigenvalue weighted by molar-refractivity contribution is 9.10. The zero-order valence-electron chi connectivity index (χ0n) is 10.2. The fourth-order valence-corrected chi connectivity index (χ4v) is 2.75. The number of carboxylic acid groups (broad SMARTS) is 1. The monoisotopic (exact) mass is 337 g/mol. The Hall–Kier alpha value is -2.35. The van der Waals surface area contributed by atoms with Crippen molar-refractivity contribution in [2.75, 3.05) is 0 Å². The summed E-state index contributed by atoms with van der Waals surface area (Å²) in [5.74, 6) is -1.61. The molecule has 2 heterocycles. The maximum atomic E-state index is 11.1. The normalized spacial score (nSPS) is 11.1. The highest BCUT2D eigenvalue weighted by Gasteiger charge is 2.20. The Kier molecular flexibility index (Phi) is 2.75. The van der Waals surface area contributed by atoms with Crippen molar-refractivity contribution in [1.82, 2.24) is 14.8 Å². The summed E-state index contributed by atoms with van der Waals surface area (Å²) in [6, 6.07) is 5.01. The topological polar surface area (TPSA) is 101 Å². The Bertz CT molecular complexity index is 890. The van der Waals surface area contributed by atoms with Crippen LogP contribution in [0.2, 0.25) is 0 Å². The summed E-state index contributed by atoms with van der Waals surface area (Å²) in [6.07, 6.45) is 0. The minimum atomic E-state index is -1.07. The minimum Gasteiger partial charge on any atom is -0.476 e. The molecule has 2 aromatic heterocycles. The number of aromatic nitrogens is 3. The van der Waals surface area contributed by atoms with Gasteiger partial charge in [0.15, 0.2) is 11.3 Å². The van der Waals surface area contributed by atoms with Crippen molar-refractivity contribution in [3.8, 4) is 11.3 Å². The molecular formula is C12H8BrN3O4. The van der Waals surface area contributed by atoms with Gasteiger partial charge in [0, 0.05) is 12.6 Å². The Balaban J connectivity index is 2.22. The lowest BCUT2D eigenvalue weighted by molar-refractivity contribution is 0.0684. The van der Waals surface area contributed by atoms with E-state index in [-0.39, 0.29) is 5.69 Å². The fourth-order valence-electron chi connectivity index (χ4n) is 2.01. The lowest BCUT2D eigenvalue weighted by Crippen LogP contribution is -2.05. The molecule has 20 heavy (non-hydrogen) atoms. The average molecular weight is 338 g/mol. The summed E-state index contributed by atoms with van der Waals surface area (Å²) in [5.41, 5.74) is 2.17. The second kappa shape index (κ2) is 4.34. The van der Waals surface area contributed by atoms with Gasteiger partial charge in [-0.3, -0.25) is 9.67 Å². The molecule has 0 radical (unpaired) electrons. The predicted molar refractivity (Wildman–Crippen MR) is 73.7 cm³/mol. The molecule has 1 aromatic carbocycles. The number of halogens is 1. The molecule has 3 aromatic rings. The lowest BCUT2D eigenvalue weighted by atomic mass is 10.1. The Morgan fingerprint density at radius 1 is 1.50 bits per heavy atom. The van der Waals surface area contributed by atoms with E-state index in [1.807, 2.05) is 0 Å². The van der Waals surface area contributed by atoms with E-state index in [0.717, 1.165) is 0 Å². The van der Waals surface area contributed by atoms with Crippen LogP contribution in [-0.4, -0.2) is 25.8 Å². The first-order chi connectivity index (χ1) is 9.47. The average Bonchev–Trinajstić information content (AvgIpc) is 2.87. The van der Waals surface area contributed by atoms with Crippen LogP contribution in [0.3, 0.4) is 0 Å². The summed E-state index contributed by atoms with van der Waals surface area (Å²) in [6.45, 7) is 0. The van der Waals surface area contributed by atoms with Crippen LogP contribution in [0.25, 0.3) is 22.4 Å². The summed E-state index contributed by atoms with van der Waals surface area (Å²) >= 11 is 3.25. The second-order valence-electron chi connectivity index (χ2n) is 4.17. The molecule has 0 bridgehead atoms. The molecule has 0 aliphatic rings. The third kappa shape index (κ3) is 1.85. The first-order valence-electron chi connectivity index (χ1n) is 5.56. The fraction of sp³-hybridized carbons (Fsp3) is 0.0833. The number of aromatic carboxylic acids is 1. The standard InChI is InChI=1S/C12H8BrN3O4/c1-16-10(11(17)18)8(13)9(15-16)5-2-3-7-6(4-5)14-12(19)20-7/h2-4H,1H3,(H,14,19)(H,17,18). The molecule has 102 valence electrons. The summed E-state index contributed by atoms with van der Waals surface area (Å²) in [5, 5.41) is 13.3. The van der Waals surface area contributed by atoms with Gasteiger partial charge < -0.3 is 9.52 Å². The van der Waals surface area contributed by atoms with Crippen molar-refractivity contribution in [2.45, 2.75) is 0 Å². The number of hydrogen-bond donors (Lipinski definition) is 2. The maximum absolute atomic E-state index is 11.1. The molecule has 2 N–H and O–H groups in total. The van der Waals surface area contributed by atoms with Crippen molar-refractivity contribution >= 4 is 33.0 Å². The van der Waals surface area contributed by atoms with E-state index < -0.39 is 11.7 Å². The molecule has 0 saturated carbocycles. The molecule has 3 rings (SSSR count). The van der Waals surface area contributed by atoms with Gasteiger partial charge in [0.05, 0.1) is 9.99 Å². The molecule has 0 aliphatic carbocycles. The molecule has 0 spiro atoms. The van der Waals surface area contributed by atoms with E-state index in [4.69, 9.17) is 9.52 Å². The van der Waals surface area contributed by atoms with Gasteiger partial charge in [-0.15, -0.1) is 0 Å². The lowest BCUT2D eigenvalue weighted by Gasteiger charge is -1.97. The van der Waals surface area contributed by atoms with E-state index in [1.54, 1.807) is 25.2 Å². The number of fused-ring (bicyclic) bond motifs is 1. The molecule has 0 atom stereocenters. The SMILES string of the molecule is Cn1nc(-c2ccc3oc(=O)[nH]c3c2)c(Br)c1C(=O)O. The van der Waals surface area contributed by atoms with Crippen LogP contribution in [0.15, 0.2) is 31.9 Å². The Morgan fingerprint density at radius 3 is 2.90 bits per heavy atom. The van der Waals surface area contributed by atoms with Crippen molar-refractivity contribution in [2.24, 2.45) is 7.05 Å². The minimum absolute atomic E-state index is 0.0563. The van der Waals surface area contributed by atoms with Crippen molar-refractivity contribution in [3.05, 3.63) is 38.9 Å². The molecule has 0 fully saturated rings. The van der Waals surface area contributed by atoms with Gasteiger partial charge in [0.25, 0.3) is 0 Å². The van der Waals surface area contributed by atoms with Crippen LogP contribution in [0.4, 0.5) is 0 Å². The van der Waals surface area contributed by atoms with E-state index in [0.29, 0.717) is 26.8 Å². The molecule has 7 nitrogen and oxygen atoms in total. The van der Waals surface area contributed by atoms with Gasteiger partial charge in [-0.05, 0) is 34.1 Å². The zero-order valence-corrected chi connectivity index (χ0v) is 11.8. The molecule has 0 unspecified atom stereocenters. The number of rotatable bonds is 2. The van der Waals surface area contributed by atoms with Crippen LogP contribution in [-0.2, 0) is 7.05 Å².